The summed E-state index contributed by atoms with van der Waals surface area (Å²) in [5, 5.41) is 4.10. The Kier molecular flexibility index (Phi) is 4.83. The van der Waals surface area contributed by atoms with Crippen LogP contribution < -0.4 is 15.8 Å². The van der Waals surface area contributed by atoms with Crippen molar-refractivity contribution in [2.24, 2.45) is 10.7 Å². The Morgan fingerprint density at radius 3 is 2.72 bits per heavy atom. The van der Waals surface area contributed by atoms with Crippen LogP contribution in [0.4, 0.5) is 5.95 Å². The summed E-state index contributed by atoms with van der Waals surface area (Å²) < 4.78 is 5.24. The quantitative estimate of drug-likeness (QED) is 0.490. The van der Waals surface area contributed by atoms with Crippen molar-refractivity contribution in [2.45, 2.75) is 20.3 Å². The fourth-order valence-corrected chi connectivity index (χ4v) is 2.73. The van der Waals surface area contributed by atoms with Crippen molar-refractivity contribution in [2.75, 3.05) is 19.0 Å². The van der Waals surface area contributed by atoms with Gasteiger partial charge in [-0.05, 0) is 44.0 Å². The van der Waals surface area contributed by atoms with Crippen molar-refractivity contribution < 1.29 is 4.74 Å². The largest absolute Gasteiger partial charge is 0.497 e. The first-order chi connectivity index (χ1) is 12.0. The lowest BCUT2D eigenvalue weighted by Gasteiger charge is -2.06. The van der Waals surface area contributed by atoms with Crippen LogP contribution in [0.2, 0.25) is 0 Å². The number of rotatable bonds is 5. The third kappa shape index (κ3) is 4.06. The number of aromatic amines is 1. The van der Waals surface area contributed by atoms with Crippen molar-refractivity contribution >= 4 is 22.8 Å². The van der Waals surface area contributed by atoms with Gasteiger partial charge in [0.1, 0.15) is 5.75 Å². The summed E-state index contributed by atoms with van der Waals surface area (Å²) in [6, 6.07) is 7.89. The highest BCUT2D eigenvalue weighted by molar-refractivity contribution is 5.90. The zero-order valence-electron chi connectivity index (χ0n) is 14.6. The van der Waals surface area contributed by atoms with Crippen molar-refractivity contribution in [3.05, 3.63) is 47.4 Å². The molecular weight excluding hydrogens is 316 g/mol. The van der Waals surface area contributed by atoms with E-state index >= 15 is 0 Å². The molecule has 2 heterocycles. The third-order valence-electron chi connectivity index (χ3n) is 3.86. The van der Waals surface area contributed by atoms with Crippen LogP contribution in [0.15, 0.2) is 35.5 Å². The molecule has 25 heavy (non-hydrogen) atoms. The van der Waals surface area contributed by atoms with E-state index in [1.165, 1.54) is 10.9 Å². The van der Waals surface area contributed by atoms with Crippen LogP contribution in [0, 0.1) is 13.8 Å². The lowest BCUT2D eigenvalue weighted by atomic mass is 10.1. The van der Waals surface area contributed by atoms with Gasteiger partial charge in [0.15, 0.2) is 5.96 Å². The number of aliphatic imine (C=N–C) groups is 1. The summed E-state index contributed by atoms with van der Waals surface area (Å²) in [6.07, 6.45) is 2.78. The van der Waals surface area contributed by atoms with Crippen molar-refractivity contribution in [1.82, 2.24) is 15.0 Å². The summed E-state index contributed by atoms with van der Waals surface area (Å²) in [5.41, 5.74) is 9.94. The number of aryl methyl sites for hydroxylation is 2. The number of nitrogens with two attached hydrogens (primary N) is 1. The number of fused-ring (bicyclic) bond motifs is 1. The van der Waals surface area contributed by atoms with E-state index < -0.39 is 0 Å². The second-order valence-electron chi connectivity index (χ2n) is 5.84. The van der Waals surface area contributed by atoms with E-state index in [9.17, 15) is 0 Å². The van der Waals surface area contributed by atoms with E-state index in [0.29, 0.717) is 18.5 Å². The minimum Gasteiger partial charge on any atom is -0.497 e. The molecule has 130 valence electrons. The average molecular weight is 338 g/mol. The van der Waals surface area contributed by atoms with Gasteiger partial charge in [0.2, 0.25) is 5.95 Å². The molecule has 3 aromatic rings. The van der Waals surface area contributed by atoms with E-state index in [1.807, 2.05) is 38.2 Å². The van der Waals surface area contributed by atoms with Gasteiger partial charge in [-0.2, -0.15) is 0 Å². The fraction of sp³-hybridized carbons (Fsp3) is 0.278. The summed E-state index contributed by atoms with van der Waals surface area (Å²) in [7, 11) is 1.66. The molecule has 0 saturated heterocycles. The maximum atomic E-state index is 5.93. The molecule has 0 unspecified atom stereocenters. The number of benzene rings is 1. The van der Waals surface area contributed by atoms with Gasteiger partial charge in [-0.25, -0.2) is 9.97 Å². The maximum Gasteiger partial charge on any atom is 0.229 e. The molecule has 0 atom stereocenters. The summed E-state index contributed by atoms with van der Waals surface area (Å²) in [6.45, 7) is 4.40. The lowest BCUT2D eigenvalue weighted by Crippen LogP contribution is -2.24. The maximum absolute atomic E-state index is 5.93. The number of methoxy groups -OCH3 is 1. The first kappa shape index (κ1) is 16.8. The molecule has 0 fully saturated rings. The molecule has 0 aliphatic heterocycles. The van der Waals surface area contributed by atoms with E-state index in [2.05, 4.69) is 31.3 Å². The molecule has 7 nitrogen and oxygen atoms in total. The molecule has 7 heteroatoms. The number of nitrogens with zero attached hydrogens (tertiary/aromatic N) is 3. The van der Waals surface area contributed by atoms with Crippen molar-refractivity contribution in [3.8, 4) is 5.75 Å². The van der Waals surface area contributed by atoms with Gasteiger partial charge in [0, 0.05) is 41.1 Å². The number of hydrogen-bond acceptors (Lipinski definition) is 4. The van der Waals surface area contributed by atoms with Crippen LogP contribution in [0.5, 0.6) is 5.75 Å². The van der Waals surface area contributed by atoms with Crippen LogP contribution in [0.1, 0.15) is 17.0 Å². The molecule has 0 aliphatic carbocycles. The van der Waals surface area contributed by atoms with E-state index in [4.69, 9.17) is 10.5 Å². The second-order valence-corrected chi connectivity index (χ2v) is 5.84. The summed E-state index contributed by atoms with van der Waals surface area (Å²) in [5.74, 6) is 1.62. The van der Waals surface area contributed by atoms with Gasteiger partial charge in [0.05, 0.1) is 7.11 Å². The third-order valence-corrected chi connectivity index (χ3v) is 3.86. The predicted molar refractivity (Wildman–Crippen MR) is 100 cm³/mol. The normalized spacial score (nSPS) is 11.7. The number of H-pyrrole nitrogens is 1. The molecule has 0 spiro atoms. The number of anilines is 1. The van der Waals surface area contributed by atoms with Gasteiger partial charge in [-0.3, -0.25) is 10.3 Å². The van der Waals surface area contributed by atoms with Crippen molar-refractivity contribution in [3.63, 3.8) is 0 Å². The molecule has 1 aromatic carbocycles. The molecular formula is C18H22N6O. The Bertz CT molecular complexity index is 895. The molecule has 0 saturated carbocycles. The number of aromatic nitrogens is 3. The van der Waals surface area contributed by atoms with Crippen LogP contribution >= 0.6 is 0 Å². The van der Waals surface area contributed by atoms with Crippen molar-refractivity contribution in [1.29, 1.82) is 0 Å². The second kappa shape index (κ2) is 7.21. The van der Waals surface area contributed by atoms with E-state index in [1.54, 1.807) is 7.11 Å². The smallest absolute Gasteiger partial charge is 0.229 e. The highest BCUT2D eigenvalue weighted by atomic mass is 16.5. The van der Waals surface area contributed by atoms with Gasteiger partial charge in [-0.15, -0.1) is 0 Å². The first-order valence-corrected chi connectivity index (χ1v) is 8.08. The molecule has 2 aromatic heterocycles. The molecule has 0 amide bonds. The highest BCUT2D eigenvalue weighted by Crippen LogP contribution is 2.23. The molecule has 0 bridgehead atoms. The zero-order valence-corrected chi connectivity index (χ0v) is 14.6. The van der Waals surface area contributed by atoms with Crippen LogP contribution in [0.25, 0.3) is 10.9 Å². The Morgan fingerprint density at radius 1 is 1.24 bits per heavy atom. The van der Waals surface area contributed by atoms with Gasteiger partial charge >= 0.3 is 0 Å². The zero-order chi connectivity index (χ0) is 17.8. The molecule has 0 aliphatic rings. The fourth-order valence-electron chi connectivity index (χ4n) is 2.73. The SMILES string of the molecule is COc1ccc2c(CCN=C(N)Nc3nc(C)cc(C)n3)c[nH]c2c1. The van der Waals surface area contributed by atoms with Gasteiger partial charge in [0.25, 0.3) is 0 Å². The monoisotopic (exact) mass is 338 g/mol. The number of guanidine groups is 1. The van der Waals surface area contributed by atoms with Crippen LogP contribution in [-0.4, -0.2) is 34.6 Å². The van der Waals surface area contributed by atoms with Crippen LogP contribution in [0.3, 0.4) is 0 Å². The average Bonchev–Trinajstić information content (AvgIpc) is 2.96. The Morgan fingerprint density at radius 2 is 2.00 bits per heavy atom. The first-order valence-electron chi connectivity index (χ1n) is 8.08. The Hall–Kier alpha value is -3.09. The predicted octanol–water partition coefficient (Wildman–Crippen LogP) is 2.55. The Labute approximate surface area is 146 Å². The molecule has 0 radical (unpaired) electrons. The number of nitrogens with one attached hydrogen (secondary N) is 2. The van der Waals surface area contributed by atoms with Gasteiger partial charge in [-0.1, -0.05) is 0 Å². The van der Waals surface area contributed by atoms with Gasteiger partial charge < -0.3 is 15.5 Å². The van der Waals surface area contributed by atoms with E-state index in [0.717, 1.165) is 29.1 Å². The molecule has 3 rings (SSSR count). The minimum absolute atomic E-state index is 0.312. The highest BCUT2D eigenvalue weighted by Gasteiger charge is 2.05. The standard InChI is InChI=1S/C18H22N6O/c1-11-8-12(2)23-18(22-11)24-17(19)20-7-6-13-10-21-16-9-14(25-3)4-5-15(13)16/h4-5,8-10,21H,6-7H2,1-3H3,(H3,19,20,22,23,24). The topological polar surface area (TPSA) is 101 Å². The number of ether oxygens (including phenoxy) is 1. The Balaban J connectivity index is 1.64. The minimum atomic E-state index is 0.312. The molecule has 4 N–H and O–H groups in total. The lowest BCUT2D eigenvalue weighted by molar-refractivity contribution is 0.415. The van der Waals surface area contributed by atoms with Crippen LogP contribution in [-0.2, 0) is 6.42 Å². The van der Waals surface area contributed by atoms with E-state index in [-0.39, 0.29) is 0 Å². The summed E-state index contributed by atoms with van der Waals surface area (Å²) in [4.78, 5) is 16.2. The summed E-state index contributed by atoms with van der Waals surface area (Å²) >= 11 is 0. The number of hydrogen-bond donors (Lipinski definition) is 3.